The van der Waals surface area contributed by atoms with Gasteiger partial charge in [-0.15, -0.1) is 0 Å². The summed E-state index contributed by atoms with van der Waals surface area (Å²) >= 11 is 0. The highest BCUT2D eigenvalue weighted by Crippen LogP contribution is 2.27. The topological polar surface area (TPSA) is 58.2 Å². The first kappa shape index (κ1) is 11.6. The molecule has 0 aliphatic carbocycles. The molecule has 0 spiro atoms. The Morgan fingerprint density at radius 3 is 2.53 bits per heavy atom. The summed E-state index contributed by atoms with van der Waals surface area (Å²) in [4.78, 5) is 23.2. The van der Waals surface area contributed by atoms with Crippen molar-refractivity contribution >= 4 is 17.5 Å². The van der Waals surface area contributed by atoms with E-state index in [0.29, 0.717) is 6.54 Å². The van der Waals surface area contributed by atoms with Crippen molar-refractivity contribution < 1.29 is 9.59 Å². The summed E-state index contributed by atoms with van der Waals surface area (Å²) in [6.45, 7) is 4.20. The lowest BCUT2D eigenvalue weighted by atomic mass is 9.88. The van der Waals surface area contributed by atoms with Crippen molar-refractivity contribution in [2.24, 2.45) is 5.41 Å². The second-order valence-corrected chi connectivity index (χ2v) is 4.83. The van der Waals surface area contributed by atoms with E-state index in [4.69, 9.17) is 0 Å². The van der Waals surface area contributed by atoms with Gasteiger partial charge in [-0.1, -0.05) is 17.7 Å². The Morgan fingerprint density at radius 2 is 2.00 bits per heavy atom. The fourth-order valence-corrected chi connectivity index (χ4v) is 1.85. The summed E-state index contributed by atoms with van der Waals surface area (Å²) < 4.78 is 0. The molecule has 1 aliphatic rings. The number of anilines is 1. The minimum Gasteiger partial charge on any atom is -0.355 e. The van der Waals surface area contributed by atoms with Crippen LogP contribution in [0.4, 0.5) is 5.69 Å². The van der Waals surface area contributed by atoms with Gasteiger partial charge in [0.15, 0.2) is 0 Å². The van der Waals surface area contributed by atoms with Gasteiger partial charge < -0.3 is 10.6 Å². The zero-order valence-electron chi connectivity index (χ0n) is 10.0. The molecule has 1 aliphatic heterocycles. The number of amides is 2. The first-order valence-electron chi connectivity index (χ1n) is 5.64. The lowest BCUT2D eigenvalue weighted by molar-refractivity contribution is -0.126. The van der Waals surface area contributed by atoms with Crippen LogP contribution < -0.4 is 10.6 Å². The van der Waals surface area contributed by atoms with Crippen molar-refractivity contribution in [3.63, 3.8) is 0 Å². The zero-order valence-corrected chi connectivity index (χ0v) is 10.0. The van der Waals surface area contributed by atoms with Crippen molar-refractivity contribution in [3.8, 4) is 0 Å². The van der Waals surface area contributed by atoms with Crippen LogP contribution >= 0.6 is 0 Å². The van der Waals surface area contributed by atoms with Crippen LogP contribution in [0.25, 0.3) is 0 Å². The second kappa shape index (κ2) is 4.20. The molecular formula is C13H16N2O2. The summed E-state index contributed by atoms with van der Waals surface area (Å²) in [5.41, 5.74) is 1.27. The number of hydrogen-bond donors (Lipinski definition) is 2. The third-order valence-electron chi connectivity index (χ3n) is 3.08. The van der Waals surface area contributed by atoms with E-state index >= 15 is 0 Å². The molecule has 4 heteroatoms. The average molecular weight is 232 g/mol. The average Bonchev–Trinajstić information content (AvgIpc) is 2.63. The van der Waals surface area contributed by atoms with Gasteiger partial charge in [-0.05, 0) is 26.0 Å². The standard InChI is InChI=1S/C13H16N2O2/c1-9-3-5-10(6-4-9)15-12(17)13(2)7-11(16)14-8-13/h3-6H,7-8H2,1-2H3,(H,14,16)(H,15,17). The monoisotopic (exact) mass is 232 g/mol. The number of benzene rings is 1. The van der Waals surface area contributed by atoms with E-state index in [0.717, 1.165) is 11.3 Å². The van der Waals surface area contributed by atoms with Gasteiger partial charge in [0.25, 0.3) is 0 Å². The zero-order chi connectivity index (χ0) is 12.5. The highest BCUT2D eigenvalue weighted by atomic mass is 16.2. The van der Waals surface area contributed by atoms with Crippen LogP contribution in [-0.2, 0) is 9.59 Å². The van der Waals surface area contributed by atoms with Crippen LogP contribution in [0.3, 0.4) is 0 Å². The minimum atomic E-state index is -0.637. The Hall–Kier alpha value is -1.84. The van der Waals surface area contributed by atoms with Crippen LogP contribution in [0.5, 0.6) is 0 Å². The number of rotatable bonds is 2. The molecule has 4 nitrogen and oxygen atoms in total. The highest BCUT2D eigenvalue weighted by Gasteiger charge is 2.40. The number of hydrogen-bond acceptors (Lipinski definition) is 2. The van der Waals surface area contributed by atoms with E-state index < -0.39 is 5.41 Å². The molecule has 2 rings (SSSR count). The summed E-state index contributed by atoms with van der Waals surface area (Å²) in [6.07, 6.45) is 0.255. The molecule has 2 N–H and O–H groups in total. The molecule has 1 unspecified atom stereocenters. The molecular weight excluding hydrogens is 216 g/mol. The Kier molecular flexibility index (Phi) is 2.88. The highest BCUT2D eigenvalue weighted by molar-refractivity contribution is 5.99. The Labute approximate surface area is 100 Å². The van der Waals surface area contributed by atoms with Gasteiger partial charge >= 0.3 is 0 Å². The van der Waals surface area contributed by atoms with Gasteiger partial charge in [0, 0.05) is 18.7 Å². The quantitative estimate of drug-likeness (QED) is 0.811. The number of nitrogens with one attached hydrogen (secondary N) is 2. The molecule has 1 saturated heterocycles. The summed E-state index contributed by atoms with van der Waals surface area (Å²) in [5.74, 6) is -0.175. The van der Waals surface area contributed by atoms with Crippen LogP contribution in [-0.4, -0.2) is 18.4 Å². The molecule has 0 saturated carbocycles. The lowest BCUT2D eigenvalue weighted by Gasteiger charge is -2.20. The first-order valence-corrected chi connectivity index (χ1v) is 5.64. The molecule has 1 fully saturated rings. The molecule has 0 bridgehead atoms. The molecule has 17 heavy (non-hydrogen) atoms. The van der Waals surface area contributed by atoms with Crippen molar-refractivity contribution in [3.05, 3.63) is 29.8 Å². The summed E-state index contributed by atoms with van der Waals surface area (Å²) in [5, 5.41) is 5.53. The van der Waals surface area contributed by atoms with E-state index in [-0.39, 0.29) is 18.2 Å². The molecule has 0 aromatic heterocycles. The predicted octanol–water partition coefficient (Wildman–Crippen LogP) is 1.46. The van der Waals surface area contributed by atoms with Gasteiger partial charge in [-0.2, -0.15) is 0 Å². The van der Waals surface area contributed by atoms with E-state index in [1.54, 1.807) is 6.92 Å². The fourth-order valence-electron chi connectivity index (χ4n) is 1.85. The van der Waals surface area contributed by atoms with Crippen molar-refractivity contribution in [1.29, 1.82) is 0 Å². The van der Waals surface area contributed by atoms with Crippen molar-refractivity contribution in [2.75, 3.05) is 11.9 Å². The first-order chi connectivity index (χ1) is 7.99. The van der Waals surface area contributed by atoms with Gasteiger partial charge in [-0.25, -0.2) is 0 Å². The number of aryl methyl sites for hydroxylation is 1. The molecule has 90 valence electrons. The van der Waals surface area contributed by atoms with Crippen LogP contribution in [0.1, 0.15) is 18.9 Å². The molecule has 2 amide bonds. The molecule has 1 atom stereocenters. The molecule has 1 aromatic rings. The predicted molar refractivity (Wildman–Crippen MR) is 65.5 cm³/mol. The Bertz CT molecular complexity index is 453. The SMILES string of the molecule is Cc1ccc(NC(=O)C2(C)CNC(=O)C2)cc1. The third-order valence-corrected chi connectivity index (χ3v) is 3.08. The normalized spacial score (nSPS) is 23.3. The smallest absolute Gasteiger partial charge is 0.232 e. The van der Waals surface area contributed by atoms with E-state index in [1.807, 2.05) is 31.2 Å². The van der Waals surface area contributed by atoms with Crippen LogP contribution in [0.15, 0.2) is 24.3 Å². The van der Waals surface area contributed by atoms with Gasteiger partial charge in [0.1, 0.15) is 0 Å². The summed E-state index contributed by atoms with van der Waals surface area (Å²) in [7, 11) is 0. The molecule has 1 heterocycles. The fraction of sp³-hybridized carbons (Fsp3) is 0.385. The Morgan fingerprint density at radius 1 is 1.35 bits per heavy atom. The van der Waals surface area contributed by atoms with Gasteiger partial charge in [-0.3, -0.25) is 9.59 Å². The van der Waals surface area contributed by atoms with Crippen LogP contribution in [0.2, 0.25) is 0 Å². The second-order valence-electron chi connectivity index (χ2n) is 4.83. The maximum atomic E-state index is 12.1. The van der Waals surface area contributed by atoms with Gasteiger partial charge in [0.05, 0.1) is 5.41 Å². The van der Waals surface area contributed by atoms with E-state index in [9.17, 15) is 9.59 Å². The minimum absolute atomic E-state index is 0.0634. The maximum absolute atomic E-state index is 12.1. The van der Waals surface area contributed by atoms with Crippen LogP contribution in [0, 0.1) is 12.3 Å². The number of carbonyl (C=O) groups is 2. The summed E-state index contributed by atoms with van der Waals surface area (Å²) in [6, 6.07) is 7.60. The third kappa shape index (κ3) is 2.46. The van der Waals surface area contributed by atoms with Gasteiger partial charge in [0.2, 0.25) is 11.8 Å². The Balaban J connectivity index is 2.06. The molecule has 1 aromatic carbocycles. The van der Waals surface area contributed by atoms with E-state index in [2.05, 4.69) is 10.6 Å². The van der Waals surface area contributed by atoms with Crippen molar-refractivity contribution in [1.82, 2.24) is 5.32 Å². The largest absolute Gasteiger partial charge is 0.355 e. The van der Waals surface area contributed by atoms with E-state index in [1.165, 1.54) is 0 Å². The molecule has 0 radical (unpaired) electrons. The maximum Gasteiger partial charge on any atom is 0.232 e. The lowest BCUT2D eigenvalue weighted by Crippen LogP contribution is -2.35. The number of carbonyl (C=O) groups excluding carboxylic acids is 2. The van der Waals surface area contributed by atoms with Crippen molar-refractivity contribution in [2.45, 2.75) is 20.3 Å².